The number of nitrogens with one attached hydrogen (secondary N) is 1. The second-order valence-electron chi connectivity index (χ2n) is 2.56. The summed E-state index contributed by atoms with van der Waals surface area (Å²) >= 11 is 1.64. The molecule has 4 nitrogen and oxygen atoms in total. The molecular formula is C9H13NO3S. The molecule has 14 heavy (non-hydrogen) atoms. The standard InChI is InChI=1S/C9H13NO3S/c1-3-12-10-9(11)8-5-4-7(13-8)6-14-2/h4-5H,3,6H2,1-2H3,(H,10,11). The molecule has 0 aliphatic rings. The zero-order valence-electron chi connectivity index (χ0n) is 8.20. The molecule has 1 amide bonds. The van der Waals surface area contributed by atoms with Crippen LogP contribution in [0.25, 0.3) is 0 Å². The van der Waals surface area contributed by atoms with E-state index in [2.05, 4.69) is 5.48 Å². The molecule has 0 aromatic carbocycles. The summed E-state index contributed by atoms with van der Waals surface area (Å²) < 4.78 is 5.27. The second kappa shape index (κ2) is 5.72. The molecule has 0 bridgehead atoms. The lowest BCUT2D eigenvalue weighted by Crippen LogP contribution is -2.22. The van der Waals surface area contributed by atoms with Crippen molar-refractivity contribution in [2.75, 3.05) is 12.9 Å². The fourth-order valence-corrected chi connectivity index (χ4v) is 1.35. The largest absolute Gasteiger partial charge is 0.455 e. The number of thioether (sulfide) groups is 1. The van der Waals surface area contributed by atoms with Gasteiger partial charge in [0.25, 0.3) is 0 Å². The lowest BCUT2D eigenvalue weighted by Gasteiger charge is -1.99. The van der Waals surface area contributed by atoms with Crippen molar-refractivity contribution in [2.24, 2.45) is 0 Å². The third-order valence-corrected chi connectivity index (χ3v) is 2.05. The predicted octanol–water partition coefficient (Wildman–Crippen LogP) is 1.82. The highest BCUT2D eigenvalue weighted by Crippen LogP contribution is 2.13. The van der Waals surface area contributed by atoms with Gasteiger partial charge in [-0.1, -0.05) is 0 Å². The van der Waals surface area contributed by atoms with Gasteiger partial charge >= 0.3 is 5.91 Å². The van der Waals surface area contributed by atoms with Gasteiger partial charge in [-0.2, -0.15) is 11.8 Å². The number of hydrogen-bond donors (Lipinski definition) is 1. The number of carbonyl (C=O) groups excluding carboxylic acids is 1. The molecule has 0 aliphatic heterocycles. The SMILES string of the molecule is CCONC(=O)c1ccc(CSC)o1. The molecule has 1 heterocycles. The van der Waals surface area contributed by atoms with Crippen LogP contribution < -0.4 is 5.48 Å². The van der Waals surface area contributed by atoms with Crippen LogP contribution in [0.2, 0.25) is 0 Å². The van der Waals surface area contributed by atoms with E-state index in [1.165, 1.54) is 0 Å². The van der Waals surface area contributed by atoms with Crippen LogP contribution in [0.5, 0.6) is 0 Å². The number of carbonyl (C=O) groups is 1. The van der Waals surface area contributed by atoms with Gasteiger partial charge in [-0.15, -0.1) is 0 Å². The van der Waals surface area contributed by atoms with Crippen LogP contribution in [0.15, 0.2) is 16.5 Å². The summed E-state index contributed by atoms with van der Waals surface area (Å²) in [5, 5.41) is 0. The Bertz CT molecular complexity index is 298. The molecule has 0 radical (unpaired) electrons. The van der Waals surface area contributed by atoms with Gasteiger partial charge in [0.1, 0.15) is 5.76 Å². The van der Waals surface area contributed by atoms with Crippen molar-refractivity contribution < 1.29 is 14.0 Å². The van der Waals surface area contributed by atoms with E-state index in [1.807, 2.05) is 6.26 Å². The fraction of sp³-hybridized carbons (Fsp3) is 0.444. The second-order valence-corrected chi connectivity index (χ2v) is 3.43. The molecule has 1 aromatic rings. The Hall–Kier alpha value is -0.940. The van der Waals surface area contributed by atoms with E-state index in [0.717, 1.165) is 11.5 Å². The topological polar surface area (TPSA) is 51.5 Å². The first-order valence-electron chi connectivity index (χ1n) is 4.27. The van der Waals surface area contributed by atoms with Gasteiger partial charge in [-0.05, 0) is 25.3 Å². The molecule has 0 aliphatic carbocycles. The van der Waals surface area contributed by atoms with E-state index in [4.69, 9.17) is 9.25 Å². The van der Waals surface area contributed by atoms with E-state index < -0.39 is 0 Å². The first-order valence-corrected chi connectivity index (χ1v) is 5.67. The summed E-state index contributed by atoms with van der Waals surface area (Å²) in [6.07, 6.45) is 1.97. The number of hydrogen-bond acceptors (Lipinski definition) is 4. The van der Waals surface area contributed by atoms with E-state index in [-0.39, 0.29) is 11.7 Å². The van der Waals surface area contributed by atoms with E-state index in [0.29, 0.717) is 6.61 Å². The van der Waals surface area contributed by atoms with Gasteiger partial charge in [-0.25, -0.2) is 5.48 Å². The molecule has 0 atom stereocenters. The van der Waals surface area contributed by atoms with Crippen LogP contribution in [0.1, 0.15) is 23.2 Å². The Labute approximate surface area is 87.0 Å². The highest BCUT2D eigenvalue weighted by Gasteiger charge is 2.10. The molecule has 0 saturated carbocycles. The van der Waals surface area contributed by atoms with Crippen molar-refractivity contribution in [1.82, 2.24) is 5.48 Å². The predicted molar refractivity (Wildman–Crippen MR) is 55.0 cm³/mol. The van der Waals surface area contributed by atoms with Crippen molar-refractivity contribution in [3.8, 4) is 0 Å². The Morgan fingerprint density at radius 2 is 2.43 bits per heavy atom. The Kier molecular flexibility index (Phi) is 4.55. The lowest BCUT2D eigenvalue weighted by molar-refractivity contribution is 0.0339. The maximum atomic E-state index is 11.3. The van der Waals surface area contributed by atoms with Gasteiger partial charge in [0, 0.05) is 0 Å². The minimum atomic E-state index is -0.348. The fourth-order valence-electron chi connectivity index (χ4n) is 0.908. The van der Waals surface area contributed by atoms with Crippen LogP contribution in [0.3, 0.4) is 0 Å². The zero-order valence-corrected chi connectivity index (χ0v) is 9.02. The van der Waals surface area contributed by atoms with Crippen molar-refractivity contribution in [2.45, 2.75) is 12.7 Å². The maximum Gasteiger partial charge on any atom is 0.310 e. The number of furan rings is 1. The normalized spacial score (nSPS) is 10.1. The monoisotopic (exact) mass is 215 g/mol. The van der Waals surface area contributed by atoms with Crippen molar-refractivity contribution in [3.63, 3.8) is 0 Å². The van der Waals surface area contributed by atoms with Gasteiger partial charge in [0.15, 0.2) is 5.76 Å². The first-order chi connectivity index (χ1) is 6.77. The molecule has 0 unspecified atom stereocenters. The summed E-state index contributed by atoms with van der Waals surface area (Å²) in [6.45, 7) is 2.23. The number of hydroxylamine groups is 1. The smallest absolute Gasteiger partial charge is 0.310 e. The number of amides is 1. The molecule has 0 fully saturated rings. The number of rotatable bonds is 5. The van der Waals surface area contributed by atoms with Gasteiger partial charge in [0.2, 0.25) is 0 Å². The first kappa shape index (κ1) is 11.1. The van der Waals surface area contributed by atoms with Crippen molar-refractivity contribution in [3.05, 3.63) is 23.7 Å². The summed E-state index contributed by atoms with van der Waals surface area (Å²) in [5.41, 5.74) is 2.26. The lowest BCUT2D eigenvalue weighted by atomic mass is 10.4. The highest BCUT2D eigenvalue weighted by atomic mass is 32.2. The van der Waals surface area contributed by atoms with Crippen LogP contribution in [0.4, 0.5) is 0 Å². The molecular weight excluding hydrogens is 202 g/mol. The molecule has 0 saturated heterocycles. The Morgan fingerprint density at radius 3 is 3.07 bits per heavy atom. The Morgan fingerprint density at radius 1 is 1.64 bits per heavy atom. The Balaban J connectivity index is 2.53. The molecule has 78 valence electrons. The maximum absolute atomic E-state index is 11.3. The molecule has 1 aromatic heterocycles. The van der Waals surface area contributed by atoms with Crippen LogP contribution >= 0.6 is 11.8 Å². The van der Waals surface area contributed by atoms with Crippen LogP contribution in [-0.2, 0) is 10.6 Å². The van der Waals surface area contributed by atoms with Gasteiger partial charge in [-0.3, -0.25) is 9.63 Å². The average molecular weight is 215 g/mol. The molecule has 0 spiro atoms. The molecule has 5 heteroatoms. The third kappa shape index (κ3) is 3.08. The van der Waals surface area contributed by atoms with Crippen LogP contribution in [-0.4, -0.2) is 18.8 Å². The molecule has 1 rings (SSSR count). The summed E-state index contributed by atoms with van der Waals surface area (Å²) in [7, 11) is 0. The van der Waals surface area contributed by atoms with Gasteiger partial charge < -0.3 is 4.42 Å². The van der Waals surface area contributed by atoms with E-state index >= 15 is 0 Å². The quantitative estimate of drug-likeness (QED) is 0.761. The third-order valence-electron chi connectivity index (χ3n) is 1.48. The summed E-state index contributed by atoms with van der Waals surface area (Å²) in [6, 6.07) is 3.43. The summed E-state index contributed by atoms with van der Waals surface area (Å²) in [5.74, 6) is 1.49. The van der Waals surface area contributed by atoms with E-state index in [1.54, 1.807) is 30.8 Å². The summed E-state index contributed by atoms with van der Waals surface area (Å²) in [4.78, 5) is 16.0. The van der Waals surface area contributed by atoms with Crippen LogP contribution in [0, 0.1) is 0 Å². The minimum Gasteiger partial charge on any atom is -0.455 e. The minimum absolute atomic E-state index is 0.280. The van der Waals surface area contributed by atoms with Crippen molar-refractivity contribution in [1.29, 1.82) is 0 Å². The molecule has 1 N–H and O–H groups in total. The zero-order chi connectivity index (χ0) is 10.4. The average Bonchev–Trinajstić information content (AvgIpc) is 2.63. The van der Waals surface area contributed by atoms with E-state index in [9.17, 15) is 4.79 Å². The highest BCUT2D eigenvalue weighted by molar-refractivity contribution is 7.97. The van der Waals surface area contributed by atoms with Gasteiger partial charge in [0.05, 0.1) is 12.4 Å². The van der Waals surface area contributed by atoms with Crippen molar-refractivity contribution >= 4 is 17.7 Å².